The Morgan fingerprint density at radius 3 is 2.92 bits per heavy atom. The fraction of sp³-hybridized carbons (Fsp3) is 0.0952. The molecule has 3 aromatic heterocycles. The lowest BCUT2D eigenvalue weighted by atomic mass is 10.1. The van der Waals surface area contributed by atoms with Crippen molar-refractivity contribution >= 4 is 43.7 Å². The van der Waals surface area contributed by atoms with E-state index in [0.717, 1.165) is 43.7 Å². The van der Waals surface area contributed by atoms with Crippen molar-refractivity contribution in [3.63, 3.8) is 0 Å². The van der Waals surface area contributed by atoms with E-state index in [1.54, 1.807) is 11.3 Å². The van der Waals surface area contributed by atoms with Crippen LogP contribution in [-0.2, 0) is 0 Å². The van der Waals surface area contributed by atoms with E-state index in [9.17, 15) is 0 Å². The Bertz CT molecular complexity index is 1110. The highest BCUT2D eigenvalue weighted by atomic mass is 79.9. The molecule has 26 heavy (non-hydrogen) atoms. The molecular weight excluding hydrogens is 406 g/mol. The summed E-state index contributed by atoms with van der Waals surface area (Å²) in [5.41, 5.74) is 5.36. The van der Waals surface area contributed by atoms with E-state index < -0.39 is 0 Å². The molecule has 0 atom stereocenters. The predicted octanol–water partition coefficient (Wildman–Crippen LogP) is 7.03. The molecule has 3 heterocycles. The second-order valence-corrected chi connectivity index (χ2v) is 7.92. The average molecular weight is 424 g/mol. The summed E-state index contributed by atoms with van der Waals surface area (Å²) in [5.74, 6) is 0.876. The SMILES string of the molecule is C/C=C\C=C(/C)c1nc(-c2c[nH]c3ccc(Br)cc23)[nH]c1-c1cccs1. The summed E-state index contributed by atoms with van der Waals surface area (Å²) >= 11 is 5.28. The third-order valence-corrected chi connectivity index (χ3v) is 5.66. The molecule has 0 saturated carbocycles. The average Bonchev–Trinajstić information content (AvgIpc) is 3.36. The Labute approximate surface area is 164 Å². The summed E-state index contributed by atoms with van der Waals surface area (Å²) in [7, 11) is 0. The van der Waals surface area contributed by atoms with Gasteiger partial charge in [0, 0.05) is 27.1 Å². The Kier molecular flexibility index (Phi) is 4.66. The number of thiophene rings is 1. The van der Waals surface area contributed by atoms with Crippen LogP contribution in [0.25, 0.3) is 38.4 Å². The van der Waals surface area contributed by atoms with Crippen molar-refractivity contribution in [1.29, 1.82) is 0 Å². The molecule has 0 radical (unpaired) electrons. The van der Waals surface area contributed by atoms with Crippen molar-refractivity contribution in [3.8, 4) is 22.0 Å². The molecular formula is C21H18BrN3S. The van der Waals surface area contributed by atoms with Crippen molar-refractivity contribution in [2.75, 3.05) is 0 Å². The highest BCUT2D eigenvalue weighted by Gasteiger charge is 2.17. The summed E-state index contributed by atoms with van der Waals surface area (Å²) in [5, 5.41) is 3.24. The third-order valence-electron chi connectivity index (χ3n) is 4.28. The Hall–Kier alpha value is -2.37. The minimum Gasteiger partial charge on any atom is -0.360 e. The normalized spacial score (nSPS) is 12.5. The van der Waals surface area contributed by atoms with Gasteiger partial charge in [0.25, 0.3) is 0 Å². The van der Waals surface area contributed by atoms with Gasteiger partial charge in [0.2, 0.25) is 0 Å². The van der Waals surface area contributed by atoms with Gasteiger partial charge in [0.05, 0.1) is 16.3 Å². The van der Waals surface area contributed by atoms with E-state index in [1.807, 2.05) is 31.3 Å². The van der Waals surface area contributed by atoms with Crippen LogP contribution in [0.5, 0.6) is 0 Å². The number of H-pyrrole nitrogens is 2. The van der Waals surface area contributed by atoms with Gasteiger partial charge >= 0.3 is 0 Å². The van der Waals surface area contributed by atoms with Crippen molar-refractivity contribution in [1.82, 2.24) is 15.0 Å². The molecule has 0 fully saturated rings. The second-order valence-electron chi connectivity index (χ2n) is 6.05. The lowest BCUT2D eigenvalue weighted by Crippen LogP contribution is -1.83. The maximum atomic E-state index is 4.95. The van der Waals surface area contributed by atoms with E-state index in [-0.39, 0.29) is 0 Å². The quantitative estimate of drug-likeness (QED) is 0.340. The van der Waals surface area contributed by atoms with Crippen LogP contribution in [0.15, 0.2) is 64.6 Å². The van der Waals surface area contributed by atoms with Gasteiger partial charge in [-0.1, -0.05) is 40.2 Å². The monoisotopic (exact) mass is 423 g/mol. The zero-order chi connectivity index (χ0) is 18.1. The number of halogens is 1. The first-order valence-electron chi connectivity index (χ1n) is 8.38. The number of rotatable bonds is 4. The first-order valence-corrected chi connectivity index (χ1v) is 10.1. The maximum absolute atomic E-state index is 4.95. The topological polar surface area (TPSA) is 44.5 Å². The highest BCUT2D eigenvalue weighted by molar-refractivity contribution is 9.10. The van der Waals surface area contributed by atoms with Crippen LogP contribution < -0.4 is 0 Å². The fourth-order valence-corrected chi connectivity index (χ4v) is 4.08. The third kappa shape index (κ3) is 3.08. The summed E-state index contributed by atoms with van der Waals surface area (Å²) in [6.45, 7) is 4.12. The maximum Gasteiger partial charge on any atom is 0.140 e. The van der Waals surface area contributed by atoms with Gasteiger partial charge in [-0.05, 0) is 49.1 Å². The smallest absolute Gasteiger partial charge is 0.140 e. The Morgan fingerprint density at radius 2 is 2.15 bits per heavy atom. The molecule has 0 amide bonds. The largest absolute Gasteiger partial charge is 0.360 e. The van der Waals surface area contributed by atoms with Crippen LogP contribution in [-0.4, -0.2) is 15.0 Å². The van der Waals surface area contributed by atoms with Crippen LogP contribution in [0.1, 0.15) is 19.5 Å². The van der Waals surface area contributed by atoms with E-state index in [1.165, 1.54) is 4.88 Å². The summed E-state index contributed by atoms with van der Waals surface area (Å²) in [6, 6.07) is 10.4. The molecule has 0 bridgehead atoms. The van der Waals surface area contributed by atoms with Crippen LogP contribution in [0.2, 0.25) is 0 Å². The molecule has 3 nitrogen and oxygen atoms in total. The molecule has 0 unspecified atom stereocenters. The van der Waals surface area contributed by atoms with E-state index in [2.05, 4.69) is 68.5 Å². The van der Waals surface area contributed by atoms with Gasteiger partial charge in [-0.2, -0.15) is 0 Å². The van der Waals surface area contributed by atoms with Crippen LogP contribution in [0, 0.1) is 0 Å². The summed E-state index contributed by atoms with van der Waals surface area (Å²) in [4.78, 5) is 13.0. The van der Waals surface area contributed by atoms with Crippen molar-refractivity contribution in [2.45, 2.75) is 13.8 Å². The molecule has 0 spiro atoms. The minimum absolute atomic E-state index is 0.876. The van der Waals surface area contributed by atoms with Crippen LogP contribution >= 0.6 is 27.3 Å². The zero-order valence-corrected chi connectivity index (χ0v) is 16.9. The molecule has 2 N–H and O–H groups in total. The zero-order valence-electron chi connectivity index (χ0n) is 14.5. The number of benzene rings is 1. The van der Waals surface area contributed by atoms with Crippen LogP contribution in [0.3, 0.4) is 0 Å². The van der Waals surface area contributed by atoms with Crippen LogP contribution in [0.4, 0.5) is 0 Å². The van der Waals surface area contributed by atoms with Gasteiger partial charge in [-0.3, -0.25) is 0 Å². The molecule has 0 aliphatic rings. The first-order chi connectivity index (χ1) is 12.7. The number of nitrogens with one attached hydrogen (secondary N) is 2. The van der Waals surface area contributed by atoms with Gasteiger partial charge < -0.3 is 9.97 Å². The number of fused-ring (bicyclic) bond motifs is 1. The number of aromatic nitrogens is 3. The number of hydrogen-bond acceptors (Lipinski definition) is 2. The number of allylic oxidation sites excluding steroid dienone is 4. The highest BCUT2D eigenvalue weighted by Crippen LogP contribution is 2.35. The van der Waals surface area contributed by atoms with Crippen molar-refractivity contribution in [3.05, 3.63) is 70.3 Å². The standard InChI is InChI=1S/C21H18BrN3S/c1-3-4-6-13(2)19-20(18-7-5-10-26-18)25-21(24-19)16-12-23-17-9-8-14(22)11-15(16)17/h3-12,23H,1-2H3,(H,24,25)/b4-3-,13-6+. The number of imidazole rings is 1. The van der Waals surface area contributed by atoms with Crippen molar-refractivity contribution < 1.29 is 0 Å². The van der Waals surface area contributed by atoms with E-state index in [0.29, 0.717) is 0 Å². The van der Waals surface area contributed by atoms with Crippen molar-refractivity contribution in [2.24, 2.45) is 0 Å². The predicted molar refractivity (Wildman–Crippen MR) is 115 cm³/mol. The van der Waals surface area contributed by atoms with Gasteiger partial charge in [-0.15, -0.1) is 11.3 Å². The lowest BCUT2D eigenvalue weighted by Gasteiger charge is -1.99. The molecule has 130 valence electrons. The van der Waals surface area contributed by atoms with E-state index in [4.69, 9.17) is 4.98 Å². The summed E-state index contributed by atoms with van der Waals surface area (Å²) in [6.07, 6.45) is 8.19. The Morgan fingerprint density at radius 1 is 1.27 bits per heavy atom. The molecule has 5 heteroatoms. The molecule has 0 aliphatic heterocycles. The molecule has 0 aliphatic carbocycles. The van der Waals surface area contributed by atoms with E-state index >= 15 is 0 Å². The summed E-state index contributed by atoms with van der Waals surface area (Å²) < 4.78 is 1.06. The number of aromatic amines is 2. The molecule has 4 aromatic rings. The second kappa shape index (κ2) is 7.09. The van der Waals surface area contributed by atoms with Gasteiger partial charge in [-0.25, -0.2) is 4.98 Å². The number of nitrogens with zero attached hydrogens (tertiary/aromatic N) is 1. The minimum atomic E-state index is 0.876. The first kappa shape index (κ1) is 17.1. The van der Waals surface area contributed by atoms with Gasteiger partial charge in [0.15, 0.2) is 0 Å². The Balaban J connectivity index is 1.91. The fourth-order valence-electron chi connectivity index (χ4n) is 2.99. The molecule has 4 rings (SSSR count). The lowest BCUT2D eigenvalue weighted by molar-refractivity contribution is 1.30. The molecule has 1 aromatic carbocycles. The number of hydrogen-bond donors (Lipinski definition) is 2. The molecule has 0 saturated heterocycles. The van der Waals surface area contributed by atoms with Gasteiger partial charge in [0.1, 0.15) is 5.82 Å².